The molecule has 1 aliphatic rings. The average molecular weight is 457 g/mol. The lowest BCUT2D eigenvalue weighted by molar-refractivity contribution is -0.138. The van der Waals surface area contributed by atoms with E-state index in [2.05, 4.69) is 15.7 Å². The summed E-state index contributed by atoms with van der Waals surface area (Å²) >= 11 is 1.30. The van der Waals surface area contributed by atoms with Crippen molar-refractivity contribution in [3.8, 4) is 0 Å². The summed E-state index contributed by atoms with van der Waals surface area (Å²) in [7, 11) is 0. The zero-order chi connectivity index (χ0) is 23.0. The number of hydrazone groups is 1. The molecule has 170 valence electrons. The molecule has 0 radical (unpaired) electrons. The molecule has 1 aliphatic heterocycles. The first-order valence-electron chi connectivity index (χ1n) is 9.89. The first-order chi connectivity index (χ1) is 14.7. The van der Waals surface area contributed by atoms with Crippen molar-refractivity contribution in [3.05, 3.63) is 35.4 Å². The van der Waals surface area contributed by atoms with Crippen LogP contribution in [0.5, 0.6) is 0 Å². The number of carbonyl (C=O) groups is 3. The van der Waals surface area contributed by atoms with Crippen molar-refractivity contribution in [2.45, 2.75) is 45.6 Å². The lowest BCUT2D eigenvalue weighted by Crippen LogP contribution is -2.48. The third kappa shape index (κ3) is 8.52. The Balaban J connectivity index is 1.91. The number of amides is 2. The van der Waals surface area contributed by atoms with Crippen LogP contribution in [-0.2, 0) is 20.8 Å². The number of hydrogen-bond donors (Lipinski definition) is 3. The first kappa shape index (κ1) is 24.6. The Kier molecular flexibility index (Phi) is 9.22. The predicted molar refractivity (Wildman–Crippen MR) is 113 cm³/mol. The number of aliphatic carboxylic acids is 1. The van der Waals surface area contributed by atoms with Crippen molar-refractivity contribution in [2.75, 3.05) is 12.4 Å². The highest BCUT2D eigenvalue weighted by Crippen LogP contribution is 2.18. The van der Waals surface area contributed by atoms with E-state index in [1.165, 1.54) is 11.8 Å². The standard InChI is InChI=1S/C20H26F2N4O4S/c1-3-4-16(23-17(27)8-13-6-14(21)9-15(22)7-13)19(30)24-20-25-26(11-31-20)10-12(2)5-18(28)29/h6-7,9,12,16H,3-5,8,10-11H2,1-2H3,(H,23,27)(H,28,29)(H,24,25,30). The molecular weight excluding hydrogens is 430 g/mol. The molecule has 2 atom stereocenters. The maximum absolute atomic E-state index is 13.3. The molecule has 3 N–H and O–H groups in total. The van der Waals surface area contributed by atoms with Gasteiger partial charge in [-0.05, 0) is 30.0 Å². The third-order valence-electron chi connectivity index (χ3n) is 4.37. The molecule has 0 spiro atoms. The van der Waals surface area contributed by atoms with E-state index in [1.807, 2.05) is 13.8 Å². The second-order valence-electron chi connectivity index (χ2n) is 7.42. The van der Waals surface area contributed by atoms with Gasteiger partial charge in [0.15, 0.2) is 5.17 Å². The molecule has 2 unspecified atom stereocenters. The fraction of sp³-hybridized carbons (Fsp3) is 0.500. The van der Waals surface area contributed by atoms with Gasteiger partial charge in [-0.25, -0.2) is 8.78 Å². The van der Waals surface area contributed by atoms with Gasteiger partial charge in [0, 0.05) is 19.0 Å². The number of amidine groups is 1. The number of carboxylic acid groups (broad SMARTS) is 1. The molecule has 0 bridgehead atoms. The Bertz CT molecular complexity index is 832. The fourth-order valence-electron chi connectivity index (χ4n) is 3.09. The lowest BCUT2D eigenvalue weighted by atomic mass is 10.1. The van der Waals surface area contributed by atoms with Gasteiger partial charge in [-0.1, -0.05) is 32.0 Å². The predicted octanol–water partition coefficient (Wildman–Crippen LogP) is 2.30. The summed E-state index contributed by atoms with van der Waals surface area (Å²) in [6, 6.07) is 2.04. The van der Waals surface area contributed by atoms with Crippen LogP contribution in [0.15, 0.2) is 23.3 Å². The quantitative estimate of drug-likeness (QED) is 0.498. The van der Waals surface area contributed by atoms with Crippen LogP contribution in [0.2, 0.25) is 0 Å². The minimum absolute atomic E-state index is 0.0260. The van der Waals surface area contributed by atoms with Crippen LogP contribution in [0, 0.1) is 17.6 Å². The molecule has 0 fully saturated rings. The zero-order valence-electron chi connectivity index (χ0n) is 17.4. The summed E-state index contributed by atoms with van der Waals surface area (Å²) in [5, 5.41) is 20.5. The summed E-state index contributed by atoms with van der Waals surface area (Å²) in [6.07, 6.45) is 0.781. The van der Waals surface area contributed by atoms with Crippen molar-refractivity contribution in [1.29, 1.82) is 0 Å². The smallest absolute Gasteiger partial charge is 0.303 e. The van der Waals surface area contributed by atoms with Crippen molar-refractivity contribution in [2.24, 2.45) is 11.0 Å². The zero-order valence-corrected chi connectivity index (χ0v) is 18.2. The van der Waals surface area contributed by atoms with Gasteiger partial charge in [-0.15, -0.1) is 0 Å². The molecule has 1 heterocycles. The molecule has 11 heteroatoms. The third-order valence-corrected chi connectivity index (χ3v) is 5.26. The molecule has 0 saturated carbocycles. The van der Waals surface area contributed by atoms with Gasteiger partial charge in [0.1, 0.15) is 17.7 Å². The van der Waals surface area contributed by atoms with Gasteiger partial charge in [0.25, 0.3) is 0 Å². The van der Waals surface area contributed by atoms with Crippen LogP contribution in [0.4, 0.5) is 8.78 Å². The largest absolute Gasteiger partial charge is 0.481 e. The number of thioether (sulfide) groups is 1. The highest BCUT2D eigenvalue weighted by Gasteiger charge is 2.25. The van der Waals surface area contributed by atoms with E-state index in [4.69, 9.17) is 5.11 Å². The maximum atomic E-state index is 13.3. The molecule has 2 amide bonds. The highest BCUT2D eigenvalue weighted by molar-refractivity contribution is 8.14. The number of carboxylic acids is 1. The van der Waals surface area contributed by atoms with E-state index in [0.717, 1.165) is 18.2 Å². The van der Waals surface area contributed by atoms with Gasteiger partial charge < -0.3 is 15.7 Å². The monoisotopic (exact) mass is 456 g/mol. The number of halogens is 2. The van der Waals surface area contributed by atoms with Crippen LogP contribution >= 0.6 is 11.8 Å². The number of hydrogen-bond acceptors (Lipinski definition) is 6. The number of carbonyl (C=O) groups excluding carboxylic acids is 2. The van der Waals surface area contributed by atoms with Crippen LogP contribution in [0.3, 0.4) is 0 Å². The molecular formula is C20H26F2N4O4S. The van der Waals surface area contributed by atoms with Crippen LogP contribution < -0.4 is 10.6 Å². The Morgan fingerprint density at radius 3 is 2.55 bits per heavy atom. The summed E-state index contributed by atoms with van der Waals surface area (Å²) in [6.45, 7) is 4.11. The first-order valence-corrected chi connectivity index (χ1v) is 10.9. The number of rotatable bonds is 10. The minimum atomic E-state index is -0.879. The number of benzene rings is 1. The van der Waals surface area contributed by atoms with Crippen molar-refractivity contribution in [3.63, 3.8) is 0 Å². The molecule has 0 saturated heterocycles. The summed E-state index contributed by atoms with van der Waals surface area (Å²) in [5.41, 5.74) is 0.174. The molecule has 8 nitrogen and oxygen atoms in total. The van der Waals surface area contributed by atoms with Crippen molar-refractivity contribution < 1.29 is 28.3 Å². The molecule has 0 aliphatic carbocycles. The van der Waals surface area contributed by atoms with Crippen LogP contribution in [-0.4, -0.2) is 51.5 Å². The molecule has 0 aromatic heterocycles. The van der Waals surface area contributed by atoms with Gasteiger partial charge in [0.05, 0.1) is 12.3 Å². The summed E-state index contributed by atoms with van der Waals surface area (Å²) < 4.78 is 26.6. The van der Waals surface area contributed by atoms with Crippen LogP contribution in [0.25, 0.3) is 0 Å². The van der Waals surface area contributed by atoms with Crippen LogP contribution in [0.1, 0.15) is 38.7 Å². The molecule has 31 heavy (non-hydrogen) atoms. The summed E-state index contributed by atoms with van der Waals surface area (Å²) in [5.74, 6) is -3.01. The number of nitrogens with one attached hydrogen (secondary N) is 2. The fourth-order valence-corrected chi connectivity index (χ4v) is 3.87. The topological polar surface area (TPSA) is 111 Å². The van der Waals surface area contributed by atoms with E-state index >= 15 is 0 Å². The van der Waals surface area contributed by atoms with Gasteiger partial charge >= 0.3 is 5.97 Å². The van der Waals surface area contributed by atoms with E-state index in [0.29, 0.717) is 30.4 Å². The minimum Gasteiger partial charge on any atom is -0.481 e. The van der Waals surface area contributed by atoms with Gasteiger partial charge in [0.2, 0.25) is 11.8 Å². The van der Waals surface area contributed by atoms with Crippen molar-refractivity contribution >= 4 is 34.7 Å². The van der Waals surface area contributed by atoms with Gasteiger partial charge in [-0.2, -0.15) is 5.10 Å². The lowest BCUT2D eigenvalue weighted by Gasteiger charge is -2.18. The normalized spacial score (nSPS) is 15.2. The van der Waals surface area contributed by atoms with Crippen molar-refractivity contribution in [1.82, 2.24) is 15.6 Å². The Hall–Kier alpha value is -2.69. The van der Waals surface area contributed by atoms with E-state index in [-0.39, 0.29) is 24.3 Å². The Morgan fingerprint density at radius 2 is 1.94 bits per heavy atom. The number of nitrogens with zero attached hydrogens (tertiary/aromatic N) is 2. The van der Waals surface area contributed by atoms with E-state index in [1.54, 1.807) is 5.01 Å². The highest BCUT2D eigenvalue weighted by atomic mass is 32.2. The van der Waals surface area contributed by atoms with Gasteiger partial charge in [-0.3, -0.25) is 19.4 Å². The SMILES string of the molecule is CCCC(NC(=O)Cc1cc(F)cc(F)c1)C(=O)NC1=NN(CC(C)CC(=O)O)CS1. The summed E-state index contributed by atoms with van der Waals surface area (Å²) in [4.78, 5) is 35.7. The Morgan fingerprint density at radius 1 is 1.26 bits per heavy atom. The molecule has 1 aromatic rings. The second-order valence-corrected chi connectivity index (χ2v) is 8.36. The molecule has 2 rings (SSSR count). The second kappa shape index (κ2) is 11.6. The van der Waals surface area contributed by atoms with E-state index in [9.17, 15) is 23.2 Å². The van der Waals surface area contributed by atoms with E-state index < -0.39 is 35.5 Å². The average Bonchev–Trinajstić information content (AvgIpc) is 3.06. The molecule has 1 aromatic carbocycles. The Labute approximate surface area is 183 Å². The maximum Gasteiger partial charge on any atom is 0.303 e.